The number of carbonyl (C=O) groups excluding carboxylic acids is 2. The van der Waals surface area contributed by atoms with Crippen molar-refractivity contribution in [2.45, 2.75) is 38.1 Å². The van der Waals surface area contributed by atoms with Gasteiger partial charge in [0.05, 0.1) is 24.3 Å². The number of carbonyl (C=O) groups is 2. The SMILES string of the molecule is CC(=O)NCC1N[C@H](CNC(C)=O)[C@@H](O)[C@@H]1O. The van der Waals surface area contributed by atoms with Crippen molar-refractivity contribution in [2.75, 3.05) is 13.1 Å². The molecule has 1 aliphatic rings. The molecule has 4 atom stereocenters. The summed E-state index contributed by atoms with van der Waals surface area (Å²) in [5.41, 5.74) is 0. The van der Waals surface area contributed by atoms with E-state index in [1.165, 1.54) is 13.8 Å². The third kappa shape index (κ3) is 3.95. The van der Waals surface area contributed by atoms with E-state index in [9.17, 15) is 19.8 Å². The predicted octanol–water partition coefficient (Wildman–Crippen LogP) is -2.68. The molecule has 1 unspecified atom stereocenters. The summed E-state index contributed by atoms with van der Waals surface area (Å²) in [5, 5.41) is 27.6. The van der Waals surface area contributed by atoms with E-state index < -0.39 is 24.3 Å². The van der Waals surface area contributed by atoms with Gasteiger partial charge in [0.2, 0.25) is 11.8 Å². The number of amides is 2. The van der Waals surface area contributed by atoms with Crippen molar-refractivity contribution in [2.24, 2.45) is 0 Å². The Kier molecular flexibility index (Phi) is 4.86. The molecule has 0 radical (unpaired) electrons. The molecule has 0 aromatic heterocycles. The van der Waals surface area contributed by atoms with Crippen LogP contribution in [0.15, 0.2) is 0 Å². The first-order valence-corrected chi connectivity index (χ1v) is 5.53. The molecule has 0 spiro atoms. The van der Waals surface area contributed by atoms with Crippen molar-refractivity contribution in [3.63, 3.8) is 0 Å². The lowest BCUT2D eigenvalue weighted by molar-refractivity contribution is -0.120. The smallest absolute Gasteiger partial charge is 0.216 e. The molecule has 0 aromatic carbocycles. The van der Waals surface area contributed by atoms with Crippen LogP contribution < -0.4 is 16.0 Å². The molecule has 0 aromatic rings. The number of rotatable bonds is 4. The lowest BCUT2D eigenvalue weighted by Gasteiger charge is -2.15. The molecule has 1 rings (SSSR count). The molecule has 5 N–H and O–H groups in total. The highest BCUT2D eigenvalue weighted by Gasteiger charge is 2.40. The van der Waals surface area contributed by atoms with E-state index in [1.54, 1.807) is 0 Å². The zero-order valence-electron chi connectivity index (χ0n) is 9.93. The fourth-order valence-electron chi connectivity index (χ4n) is 1.81. The Bertz CT molecular complexity index is 269. The Morgan fingerprint density at radius 2 is 1.35 bits per heavy atom. The molecule has 2 amide bonds. The van der Waals surface area contributed by atoms with E-state index >= 15 is 0 Å². The molecule has 7 heteroatoms. The molecule has 1 heterocycles. The van der Waals surface area contributed by atoms with Gasteiger partial charge in [-0.15, -0.1) is 0 Å². The van der Waals surface area contributed by atoms with Crippen molar-refractivity contribution >= 4 is 11.8 Å². The van der Waals surface area contributed by atoms with Crippen molar-refractivity contribution in [3.8, 4) is 0 Å². The second-order valence-corrected chi connectivity index (χ2v) is 4.24. The molecule has 0 saturated carbocycles. The van der Waals surface area contributed by atoms with E-state index in [0.717, 1.165) is 0 Å². The molecular formula is C10H19N3O4. The van der Waals surface area contributed by atoms with E-state index in [4.69, 9.17) is 0 Å². The van der Waals surface area contributed by atoms with Crippen LogP contribution in [0, 0.1) is 0 Å². The third-order valence-corrected chi connectivity index (χ3v) is 2.74. The van der Waals surface area contributed by atoms with Gasteiger partial charge in [-0.3, -0.25) is 9.59 Å². The molecule has 1 saturated heterocycles. The Balaban J connectivity index is 2.44. The minimum absolute atomic E-state index is 0.196. The van der Waals surface area contributed by atoms with Gasteiger partial charge in [0.15, 0.2) is 0 Å². The van der Waals surface area contributed by atoms with Gasteiger partial charge in [-0.05, 0) is 0 Å². The van der Waals surface area contributed by atoms with Gasteiger partial charge in [0.25, 0.3) is 0 Å². The number of hydrogen-bond donors (Lipinski definition) is 5. The summed E-state index contributed by atoms with van der Waals surface area (Å²) in [5.74, 6) is -0.391. The molecule has 1 aliphatic heterocycles. The standard InChI is InChI=1S/C10H19N3O4/c1-5(14)11-3-7-9(16)10(17)8(13-7)4-12-6(2)15/h7-10,13,16-17H,3-4H2,1-2H3,(H,11,14)(H,12,15)/t7-,8?,9-,10-/m1/s1. The fourth-order valence-corrected chi connectivity index (χ4v) is 1.81. The minimum atomic E-state index is -0.958. The molecular weight excluding hydrogens is 226 g/mol. The summed E-state index contributed by atoms with van der Waals surface area (Å²) in [6, 6.07) is -0.819. The highest BCUT2D eigenvalue weighted by atomic mass is 16.3. The van der Waals surface area contributed by atoms with Crippen molar-refractivity contribution in [1.29, 1.82) is 0 Å². The minimum Gasteiger partial charge on any atom is -0.389 e. The first-order valence-electron chi connectivity index (χ1n) is 5.53. The summed E-state index contributed by atoms with van der Waals surface area (Å²) in [6.07, 6.45) is -1.92. The van der Waals surface area contributed by atoms with E-state index in [-0.39, 0.29) is 24.9 Å². The fraction of sp³-hybridized carbons (Fsp3) is 0.800. The second-order valence-electron chi connectivity index (χ2n) is 4.24. The molecule has 17 heavy (non-hydrogen) atoms. The topological polar surface area (TPSA) is 111 Å². The maximum Gasteiger partial charge on any atom is 0.216 e. The van der Waals surface area contributed by atoms with E-state index in [2.05, 4.69) is 16.0 Å². The van der Waals surface area contributed by atoms with Crippen LogP contribution in [0.4, 0.5) is 0 Å². The van der Waals surface area contributed by atoms with Gasteiger partial charge < -0.3 is 26.2 Å². The third-order valence-electron chi connectivity index (χ3n) is 2.74. The Hall–Kier alpha value is -1.18. The molecule has 0 aliphatic carbocycles. The summed E-state index contributed by atoms with van der Waals surface area (Å²) < 4.78 is 0. The summed E-state index contributed by atoms with van der Waals surface area (Å²) in [6.45, 7) is 3.24. The molecule has 1 fully saturated rings. The average Bonchev–Trinajstić information content (AvgIpc) is 2.51. The summed E-state index contributed by atoms with van der Waals surface area (Å²) in [7, 11) is 0. The van der Waals surface area contributed by atoms with Crippen molar-refractivity contribution in [3.05, 3.63) is 0 Å². The zero-order valence-corrected chi connectivity index (χ0v) is 9.93. The highest BCUT2D eigenvalue weighted by molar-refractivity contribution is 5.73. The van der Waals surface area contributed by atoms with Crippen LogP contribution in [0.5, 0.6) is 0 Å². The van der Waals surface area contributed by atoms with Crippen LogP contribution in [-0.4, -0.2) is 59.4 Å². The number of aliphatic hydroxyl groups is 2. The van der Waals surface area contributed by atoms with Crippen LogP contribution >= 0.6 is 0 Å². The van der Waals surface area contributed by atoms with Crippen molar-refractivity contribution < 1.29 is 19.8 Å². The van der Waals surface area contributed by atoms with Gasteiger partial charge in [-0.25, -0.2) is 0 Å². The summed E-state index contributed by atoms with van der Waals surface area (Å²) in [4.78, 5) is 21.5. The van der Waals surface area contributed by atoms with E-state index in [0.29, 0.717) is 0 Å². The largest absolute Gasteiger partial charge is 0.389 e. The monoisotopic (exact) mass is 245 g/mol. The Morgan fingerprint density at radius 1 is 1.00 bits per heavy atom. The van der Waals surface area contributed by atoms with Gasteiger partial charge in [-0.2, -0.15) is 0 Å². The zero-order chi connectivity index (χ0) is 13.0. The summed E-state index contributed by atoms with van der Waals surface area (Å²) >= 11 is 0. The Labute approximate surface area is 99.6 Å². The first-order chi connectivity index (χ1) is 7.91. The van der Waals surface area contributed by atoms with Gasteiger partial charge >= 0.3 is 0 Å². The van der Waals surface area contributed by atoms with Gasteiger partial charge in [0, 0.05) is 26.9 Å². The first kappa shape index (κ1) is 13.9. The molecule has 98 valence electrons. The van der Waals surface area contributed by atoms with E-state index in [1.807, 2.05) is 0 Å². The maximum atomic E-state index is 10.7. The predicted molar refractivity (Wildman–Crippen MR) is 60.1 cm³/mol. The number of aliphatic hydroxyl groups excluding tert-OH is 2. The number of nitrogens with one attached hydrogen (secondary N) is 3. The van der Waals surface area contributed by atoms with Crippen LogP contribution in [-0.2, 0) is 9.59 Å². The average molecular weight is 245 g/mol. The molecule has 0 bridgehead atoms. The molecule has 7 nitrogen and oxygen atoms in total. The van der Waals surface area contributed by atoms with Crippen LogP contribution in [0.1, 0.15) is 13.8 Å². The second kappa shape index (κ2) is 5.95. The van der Waals surface area contributed by atoms with Gasteiger partial charge in [0.1, 0.15) is 0 Å². The quantitative estimate of drug-likeness (QED) is 0.371. The lowest BCUT2D eigenvalue weighted by Crippen LogP contribution is -2.45. The van der Waals surface area contributed by atoms with Crippen LogP contribution in [0.25, 0.3) is 0 Å². The maximum absolute atomic E-state index is 10.7. The Morgan fingerprint density at radius 3 is 1.65 bits per heavy atom. The normalized spacial score (nSPS) is 32.2. The van der Waals surface area contributed by atoms with Crippen molar-refractivity contribution in [1.82, 2.24) is 16.0 Å². The van der Waals surface area contributed by atoms with Gasteiger partial charge in [-0.1, -0.05) is 0 Å². The lowest BCUT2D eigenvalue weighted by atomic mass is 10.1. The number of hydrogen-bond acceptors (Lipinski definition) is 5. The highest BCUT2D eigenvalue weighted by Crippen LogP contribution is 2.13. The van der Waals surface area contributed by atoms with Crippen LogP contribution in [0.3, 0.4) is 0 Å². The van der Waals surface area contributed by atoms with Crippen LogP contribution in [0.2, 0.25) is 0 Å².